The van der Waals surface area contributed by atoms with Gasteiger partial charge in [0.25, 0.3) is 0 Å². The molecule has 1 atom stereocenters. The lowest BCUT2D eigenvalue weighted by atomic mass is 10.2. The van der Waals surface area contributed by atoms with Gasteiger partial charge in [-0.3, -0.25) is 0 Å². The average molecular weight is 273 g/mol. The van der Waals surface area contributed by atoms with Crippen LogP contribution in [0.1, 0.15) is 12.0 Å². The van der Waals surface area contributed by atoms with E-state index in [1.807, 2.05) is 12.1 Å². The lowest BCUT2D eigenvalue weighted by Gasteiger charge is -2.24. The standard InChI is InChI=1S/C13H18Cl2N2/c1-16(2)10-6-7-17(9-10)13-5-3-4-12(15)11(13)8-14/h3-5,10H,6-9H2,1-2H3. The van der Waals surface area contributed by atoms with Crippen LogP contribution in [0.15, 0.2) is 18.2 Å². The third-order valence-electron chi connectivity index (χ3n) is 3.46. The van der Waals surface area contributed by atoms with Crippen LogP contribution >= 0.6 is 23.2 Å². The van der Waals surface area contributed by atoms with Gasteiger partial charge in [-0.15, -0.1) is 11.6 Å². The highest BCUT2D eigenvalue weighted by atomic mass is 35.5. The summed E-state index contributed by atoms with van der Waals surface area (Å²) in [6, 6.07) is 6.64. The first-order valence-corrected chi connectivity index (χ1v) is 6.79. The summed E-state index contributed by atoms with van der Waals surface area (Å²) in [7, 11) is 4.27. The molecule has 1 unspecified atom stereocenters. The Morgan fingerprint density at radius 3 is 2.76 bits per heavy atom. The van der Waals surface area contributed by atoms with Gasteiger partial charge in [0.1, 0.15) is 0 Å². The maximum Gasteiger partial charge on any atom is 0.0509 e. The molecule has 1 aromatic rings. The minimum Gasteiger partial charge on any atom is -0.370 e. The molecule has 17 heavy (non-hydrogen) atoms. The lowest BCUT2D eigenvalue weighted by molar-refractivity contribution is 0.315. The van der Waals surface area contributed by atoms with E-state index in [-0.39, 0.29) is 0 Å². The minimum atomic E-state index is 0.470. The van der Waals surface area contributed by atoms with E-state index in [4.69, 9.17) is 23.2 Å². The predicted molar refractivity (Wildman–Crippen MR) is 75.3 cm³/mol. The molecule has 1 aromatic carbocycles. The van der Waals surface area contributed by atoms with Crippen molar-refractivity contribution in [1.82, 2.24) is 4.90 Å². The molecule has 2 rings (SSSR count). The van der Waals surface area contributed by atoms with Gasteiger partial charge in [-0.05, 0) is 32.6 Å². The van der Waals surface area contributed by atoms with Crippen molar-refractivity contribution in [2.24, 2.45) is 0 Å². The van der Waals surface area contributed by atoms with Crippen molar-refractivity contribution >= 4 is 28.9 Å². The Bertz CT molecular complexity index is 393. The molecule has 0 aromatic heterocycles. The van der Waals surface area contributed by atoms with Gasteiger partial charge < -0.3 is 9.80 Å². The zero-order valence-corrected chi connectivity index (χ0v) is 11.8. The summed E-state index contributed by atoms with van der Waals surface area (Å²) in [6.45, 7) is 2.13. The number of nitrogens with zero attached hydrogens (tertiary/aromatic N) is 2. The highest BCUT2D eigenvalue weighted by molar-refractivity contribution is 6.32. The number of likely N-dealkylation sites (N-methyl/N-ethyl adjacent to an activating group) is 1. The molecule has 1 heterocycles. The Kier molecular flexibility index (Phi) is 4.18. The van der Waals surface area contributed by atoms with E-state index in [1.54, 1.807) is 0 Å². The van der Waals surface area contributed by atoms with Crippen molar-refractivity contribution in [3.8, 4) is 0 Å². The van der Waals surface area contributed by atoms with E-state index in [1.165, 1.54) is 12.1 Å². The van der Waals surface area contributed by atoms with Crippen LogP contribution in [-0.2, 0) is 5.88 Å². The monoisotopic (exact) mass is 272 g/mol. The molecule has 0 bridgehead atoms. The van der Waals surface area contributed by atoms with Crippen molar-refractivity contribution < 1.29 is 0 Å². The Morgan fingerprint density at radius 1 is 1.41 bits per heavy atom. The van der Waals surface area contributed by atoms with Gasteiger partial charge in [0.2, 0.25) is 0 Å². The van der Waals surface area contributed by atoms with Gasteiger partial charge in [-0.1, -0.05) is 17.7 Å². The summed E-state index contributed by atoms with van der Waals surface area (Å²) in [5, 5.41) is 0.769. The fourth-order valence-corrected chi connectivity index (χ4v) is 2.94. The zero-order chi connectivity index (χ0) is 12.4. The van der Waals surface area contributed by atoms with Gasteiger partial charge in [-0.2, -0.15) is 0 Å². The average Bonchev–Trinajstić information content (AvgIpc) is 2.77. The van der Waals surface area contributed by atoms with Crippen LogP contribution in [0.3, 0.4) is 0 Å². The predicted octanol–water partition coefficient (Wildman–Crippen LogP) is 3.22. The first-order valence-electron chi connectivity index (χ1n) is 5.88. The van der Waals surface area contributed by atoms with Gasteiger partial charge in [0.05, 0.1) is 5.88 Å². The number of anilines is 1. The van der Waals surface area contributed by atoms with Crippen LogP contribution in [0.5, 0.6) is 0 Å². The molecule has 0 amide bonds. The molecule has 0 aliphatic carbocycles. The lowest BCUT2D eigenvalue weighted by Crippen LogP contribution is -2.31. The Morgan fingerprint density at radius 2 is 2.18 bits per heavy atom. The Labute approximate surface area is 113 Å². The fraction of sp³-hybridized carbons (Fsp3) is 0.538. The van der Waals surface area contributed by atoms with Gasteiger partial charge in [-0.25, -0.2) is 0 Å². The van der Waals surface area contributed by atoms with E-state index in [0.717, 1.165) is 23.7 Å². The summed E-state index contributed by atoms with van der Waals surface area (Å²) in [5.74, 6) is 0.470. The van der Waals surface area contributed by atoms with Crippen molar-refractivity contribution in [2.75, 3.05) is 32.1 Å². The van der Waals surface area contributed by atoms with Crippen LogP contribution in [-0.4, -0.2) is 38.1 Å². The van der Waals surface area contributed by atoms with Gasteiger partial charge >= 0.3 is 0 Å². The van der Waals surface area contributed by atoms with E-state index in [9.17, 15) is 0 Å². The molecular weight excluding hydrogens is 255 g/mol. The summed E-state index contributed by atoms with van der Waals surface area (Å²) in [6.07, 6.45) is 1.20. The van der Waals surface area contributed by atoms with Gasteiger partial charge in [0.15, 0.2) is 0 Å². The second-order valence-corrected chi connectivity index (χ2v) is 5.40. The SMILES string of the molecule is CN(C)C1CCN(c2cccc(Cl)c2CCl)C1. The third kappa shape index (κ3) is 2.70. The first-order chi connectivity index (χ1) is 8.13. The Balaban J connectivity index is 2.21. The van der Waals surface area contributed by atoms with Crippen LogP contribution in [0.25, 0.3) is 0 Å². The molecule has 94 valence electrons. The molecule has 0 saturated carbocycles. The van der Waals surface area contributed by atoms with Crippen LogP contribution < -0.4 is 4.90 Å². The molecule has 0 spiro atoms. The van der Waals surface area contributed by atoms with Crippen LogP contribution in [0.4, 0.5) is 5.69 Å². The second-order valence-electron chi connectivity index (χ2n) is 4.72. The van der Waals surface area contributed by atoms with E-state index in [0.29, 0.717) is 11.9 Å². The summed E-state index contributed by atoms with van der Waals surface area (Å²) in [5.41, 5.74) is 2.24. The quantitative estimate of drug-likeness (QED) is 0.780. The smallest absolute Gasteiger partial charge is 0.0509 e. The van der Waals surface area contributed by atoms with E-state index >= 15 is 0 Å². The number of hydrogen-bond acceptors (Lipinski definition) is 2. The molecule has 1 aliphatic heterocycles. The van der Waals surface area contributed by atoms with Gasteiger partial charge in [0, 0.05) is 35.4 Å². The number of rotatable bonds is 3. The number of alkyl halides is 1. The number of halogens is 2. The highest BCUT2D eigenvalue weighted by Gasteiger charge is 2.25. The molecule has 0 radical (unpaired) electrons. The minimum absolute atomic E-state index is 0.470. The van der Waals surface area contributed by atoms with E-state index < -0.39 is 0 Å². The van der Waals surface area contributed by atoms with Crippen molar-refractivity contribution in [3.63, 3.8) is 0 Å². The maximum atomic E-state index is 6.19. The second kappa shape index (κ2) is 5.47. The summed E-state index contributed by atoms with van der Waals surface area (Å²) < 4.78 is 0. The highest BCUT2D eigenvalue weighted by Crippen LogP contribution is 2.31. The normalized spacial score (nSPS) is 20.3. The fourth-order valence-electron chi connectivity index (χ4n) is 2.36. The third-order valence-corrected chi connectivity index (χ3v) is 4.08. The molecule has 4 heteroatoms. The topological polar surface area (TPSA) is 6.48 Å². The number of benzene rings is 1. The largest absolute Gasteiger partial charge is 0.370 e. The van der Waals surface area contributed by atoms with Crippen LogP contribution in [0, 0.1) is 0 Å². The first kappa shape index (κ1) is 13.0. The Hall–Kier alpha value is -0.440. The molecule has 1 fully saturated rings. The van der Waals surface area contributed by atoms with Crippen molar-refractivity contribution in [1.29, 1.82) is 0 Å². The number of hydrogen-bond donors (Lipinski definition) is 0. The summed E-state index contributed by atoms with van der Waals surface area (Å²) >= 11 is 12.2. The zero-order valence-electron chi connectivity index (χ0n) is 10.3. The van der Waals surface area contributed by atoms with E-state index in [2.05, 4.69) is 30.0 Å². The molecular formula is C13H18Cl2N2. The molecule has 1 aliphatic rings. The van der Waals surface area contributed by atoms with Crippen molar-refractivity contribution in [2.45, 2.75) is 18.3 Å². The molecule has 0 N–H and O–H groups in total. The maximum absolute atomic E-state index is 6.19. The van der Waals surface area contributed by atoms with Crippen molar-refractivity contribution in [3.05, 3.63) is 28.8 Å². The molecule has 1 saturated heterocycles. The summed E-state index contributed by atoms with van der Waals surface area (Å²) in [4.78, 5) is 4.67. The van der Waals surface area contributed by atoms with Crippen LogP contribution in [0.2, 0.25) is 5.02 Å². The molecule has 2 nitrogen and oxygen atoms in total.